The average Bonchev–Trinajstić information content (AvgIpc) is 2.77. The van der Waals surface area contributed by atoms with Gasteiger partial charge in [-0.05, 0) is 55.9 Å². The van der Waals surface area contributed by atoms with Crippen molar-refractivity contribution in [2.45, 2.75) is 45.1 Å². The third kappa shape index (κ3) is 4.38. The van der Waals surface area contributed by atoms with E-state index in [1.54, 1.807) is 7.05 Å². The number of ketones is 1. The molecule has 0 spiro atoms. The van der Waals surface area contributed by atoms with Crippen molar-refractivity contribution in [3.8, 4) is 0 Å². The number of hydrogen-bond donors (Lipinski definition) is 0. The number of rotatable bonds is 3. The highest BCUT2D eigenvalue weighted by Crippen LogP contribution is 2.35. The zero-order valence-corrected chi connectivity index (χ0v) is 16.5. The van der Waals surface area contributed by atoms with Crippen LogP contribution < -0.4 is 0 Å². The van der Waals surface area contributed by atoms with Crippen LogP contribution in [0.2, 0.25) is 0 Å². The van der Waals surface area contributed by atoms with E-state index >= 15 is 0 Å². The number of carbonyl (C=O) groups excluding carboxylic acids is 2. The lowest BCUT2D eigenvalue weighted by Crippen LogP contribution is -2.38. The first-order valence-electron chi connectivity index (χ1n) is 9.38. The van der Waals surface area contributed by atoms with Gasteiger partial charge >= 0.3 is 6.09 Å². The fraction of sp³-hybridized carbons (Fsp3) is 0.391. The average molecular weight is 365 g/mol. The highest BCUT2D eigenvalue weighted by molar-refractivity contribution is 5.93. The van der Waals surface area contributed by atoms with Crippen LogP contribution in [-0.4, -0.2) is 36.0 Å². The molecule has 0 unspecified atom stereocenters. The summed E-state index contributed by atoms with van der Waals surface area (Å²) in [5.41, 5.74) is 3.91. The number of nitrogens with zero attached hydrogens (tertiary/aromatic N) is 1. The molecule has 0 saturated heterocycles. The summed E-state index contributed by atoms with van der Waals surface area (Å²) in [7, 11) is 1.61. The minimum Gasteiger partial charge on any atom is -0.444 e. The van der Waals surface area contributed by atoms with Crippen molar-refractivity contribution in [2.75, 3.05) is 13.6 Å². The summed E-state index contributed by atoms with van der Waals surface area (Å²) >= 11 is 0. The molecule has 1 amide bonds. The van der Waals surface area contributed by atoms with Crippen LogP contribution in [0.4, 0.5) is 4.79 Å². The Balaban J connectivity index is 1.91. The van der Waals surface area contributed by atoms with Gasteiger partial charge in [-0.15, -0.1) is 0 Å². The zero-order valence-electron chi connectivity index (χ0n) is 16.5. The molecule has 142 valence electrons. The Kier molecular flexibility index (Phi) is 5.36. The van der Waals surface area contributed by atoms with Gasteiger partial charge in [-0.3, -0.25) is 4.79 Å². The summed E-state index contributed by atoms with van der Waals surface area (Å²) in [5.74, 6) is -0.352. The first-order valence-corrected chi connectivity index (χ1v) is 9.38. The van der Waals surface area contributed by atoms with E-state index in [4.69, 9.17) is 4.74 Å². The molecule has 0 heterocycles. The minimum atomic E-state index is -0.587. The summed E-state index contributed by atoms with van der Waals surface area (Å²) in [4.78, 5) is 27.0. The number of amides is 1. The van der Waals surface area contributed by atoms with Crippen molar-refractivity contribution in [1.82, 2.24) is 4.90 Å². The molecule has 0 bridgehead atoms. The van der Waals surface area contributed by atoms with Gasteiger partial charge in [0.25, 0.3) is 0 Å². The molecule has 1 aliphatic rings. The van der Waals surface area contributed by atoms with E-state index in [1.165, 1.54) is 16.0 Å². The zero-order chi connectivity index (χ0) is 19.6. The molecule has 3 rings (SSSR count). The van der Waals surface area contributed by atoms with Crippen LogP contribution in [0.15, 0.2) is 48.5 Å². The number of likely N-dealkylation sites (N-methyl/N-ethyl adjacent to an activating group) is 1. The van der Waals surface area contributed by atoms with E-state index in [0.29, 0.717) is 0 Å². The van der Waals surface area contributed by atoms with Crippen LogP contribution in [0.25, 0.3) is 0 Å². The Morgan fingerprint density at radius 3 is 1.93 bits per heavy atom. The Labute approximate surface area is 161 Å². The van der Waals surface area contributed by atoms with E-state index in [9.17, 15) is 9.59 Å². The SMILES string of the molecule is CN(CC(=O)C1c2ccccc2CCc2ccccc21)C(=O)OC(C)(C)C. The van der Waals surface area contributed by atoms with Gasteiger partial charge in [0.2, 0.25) is 0 Å². The second-order valence-corrected chi connectivity index (χ2v) is 8.13. The van der Waals surface area contributed by atoms with Crippen molar-refractivity contribution < 1.29 is 14.3 Å². The monoisotopic (exact) mass is 365 g/mol. The lowest BCUT2D eigenvalue weighted by Gasteiger charge is -2.26. The Hall–Kier alpha value is -2.62. The fourth-order valence-corrected chi connectivity index (χ4v) is 3.60. The van der Waals surface area contributed by atoms with E-state index in [2.05, 4.69) is 12.1 Å². The topological polar surface area (TPSA) is 46.6 Å². The van der Waals surface area contributed by atoms with E-state index < -0.39 is 11.7 Å². The molecule has 4 heteroatoms. The number of hydrogen-bond acceptors (Lipinski definition) is 3. The van der Waals surface area contributed by atoms with Gasteiger partial charge in [-0.2, -0.15) is 0 Å². The molecule has 0 aliphatic heterocycles. The van der Waals surface area contributed by atoms with Gasteiger partial charge in [-0.1, -0.05) is 48.5 Å². The first-order chi connectivity index (χ1) is 12.8. The normalized spacial score (nSPS) is 13.9. The predicted molar refractivity (Wildman–Crippen MR) is 106 cm³/mol. The van der Waals surface area contributed by atoms with Crippen molar-refractivity contribution in [3.63, 3.8) is 0 Å². The number of ether oxygens (including phenoxy) is 1. The van der Waals surface area contributed by atoms with Gasteiger partial charge in [-0.25, -0.2) is 4.79 Å². The van der Waals surface area contributed by atoms with Gasteiger partial charge < -0.3 is 9.64 Å². The van der Waals surface area contributed by atoms with Gasteiger partial charge in [0, 0.05) is 7.05 Å². The molecule has 0 saturated carbocycles. The lowest BCUT2D eigenvalue weighted by atomic mass is 9.85. The summed E-state index contributed by atoms with van der Waals surface area (Å²) < 4.78 is 5.39. The predicted octanol–water partition coefficient (Wildman–Crippen LogP) is 4.35. The van der Waals surface area contributed by atoms with Crippen LogP contribution >= 0.6 is 0 Å². The van der Waals surface area contributed by atoms with Crippen LogP contribution in [0.5, 0.6) is 0 Å². The van der Waals surface area contributed by atoms with Crippen LogP contribution in [-0.2, 0) is 22.4 Å². The summed E-state index contributed by atoms with van der Waals surface area (Å²) in [5, 5.41) is 0. The third-order valence-corrected chi connectivity index (χ3v) is 4.82. The second kappa shape index (κ2) is 7.55. The third-order valence-electron chi connectivity index (χ3n) is 4.82. The maximum absolute atomic E-state index is 13.3. The molecule has 27 heavy (non-hydrogen) atoms. The molecule has 4 nitrogen and oxygen atoms in total. The van der Waals surface area contributed by atoms with Crippen LogP contribution in [0.1, 0.15) is 48.9 Å². The highest BCUT2D eigenvalue weighted by Gasteiger charge is 2.31. The Morgan fingerprint density at radius 1 is 0.963 bits per heavy atom. The van der Waals surface area contributed by atoms with Crippen LogP contribution in [0, 0.1) is 0 Å². The molecular weight excluding hydrogens is 338 g/mol. The van der Waals surface area contributed by atoms with Gasteiger partial charge in [0.05, 0.1) is 12.5 Å². The molecule has 1 aliphatic carbocycles. The molecule has 0 radical (unpaired) electrons. The summed E-state index contributed by atoms with van der Waals surface area (Å²) in [6.45, 7) is 5.47. The number of fused-ring (bicyclic) bond motifs is 2. The van der Waals surface area contributed by atoms with E-state index in [0.717, 1.165) is 24.0 Å². The van der Waals surface area contributed by atoms with Crippen molar-refractivity contribution in [2.24, 2.45) is 0 Å². The molecule has 0 atom stereocenters. The quantitative estimate of drug-likeness (QED) is 0.812. The van der Waals surface area contributed by atoms with E-state index in [1.807, 2.05) is 57.2 Å². The smallest absolute Gasteiger partial charge is 0.410 e. The molecule has 2 aromatic carbocycles. The second-order valence-electron chi connectivity index (χ2n) is 8.13. The van der Waals surface area contributed by atoms with Gasteiger partial charge in [0.15, 0.2) is 5.78 Å². The number of Topliss-reactive ketones (excluding diaryl/α,β-unsaturated/α-hetero) is 1. The maximum Gasteiger partial charge on any atom is 0.410 e. The summed E-state index contributed by atoms with van der Waals surface area (Å²) in [6.07, 6.45) is 1.35. The first kappa shape index (κ1) is 19.2. The summed E-state index contributed by atoms with van der Waals surface area (Å²) in [6, 6.07) is 16.3. The van der Waals surface area contributed by atoms with Crippen molar-refractivity contribution in [1.29, 1.82) is 0 Å². The molecular formula is C23H27NO3. The van der Waals surface area contributed by atoms with Crippen molar-refractivity contribution >= 4 is 11.9 Å². The lowest BCUT2D eigenvalue weighted by molar-refractivity contribution is -0.120. The van der Waals surface area contributed by atoms with Crippen molar-refractivity contribution in [3.05, 3.63) is 70.8 Å². The van der Waals surface area contributed by atoms with Crippen LogP contribution in [0.3, 0.4) is 0 Å². The molecule has 0 N–H and O–H groups in total. The number of benzene rings is 2. The van der Waals surface area contributed by atoms with E-state index in [-0.39, 0.29) is 18.2 Å². The number of carbonyl (C=O) groups is 2. The largest absolute Gasteiger partial charge is 0.444 e. The highest BCUT2D eigenvalue weighted by atomic mass is 16.6. The van der Waals surface area contributed by atoms with Gasteiger partial charge in [0.1, 0.15) is 5.60 Å². The molecule has 0 fully saturated rings. The Morgan fingerprint density at radius 2 is 1.44 bits per heavy atom. The number of aryl methyl sites for hydroxylation is 2. The molecule has 2 aromatic rings. The maximum atomic E-state index is 13.3. The Bertz CT molecular complexity index is 803. The fourth-order valence-electron chi connectivity index (χ4n) is 3.60. The standard InChI is InChI=1S/C23H27NO3/c1-23(2,3)27-22(26)24(4)15-20(25)21-18-11-7-5-9-16(18)13-14-17-10-6-8-12-19(17)21/h5-12,21H,13-15H2,1-4H3. The molecule has 0 aromatic heterocycles. The minimum absolute atomic E-state index is 0.00478.